The number of hydrogen-bond donors (Lipinski definition) is 1. The van der Waals surface area contributed by atoms with Crippen LogP contribution in [0.3, 0.4) is 0 Å². The molecule has 126 valence electrons. The summed E-state index contributed by atoms with van der Waals surface area (Å²) in [5.74, 6) is 0.718. The number of morpholine rings is 1. The fraction of sp³-hybridized carbons (Fsp3) is 0.588. The molecule has 2 heterocycles. The van der Waals surface area contributed by atoms with Gasteiger partial charge in [-0.05, 0) is 24.1 Å². The number of aliphatic imine (C=N–C) groups is 1. The van der Waals surface area contributed by atoms with Crippen molar-refractivity contribution < 1.29 is 14.6 Å². The van der Waals surface area contributed by atoms with Crippen molar-refractivity contribution in [2.75, 3.05) is 39.5 Å². The number of ether oxygens (including phenoxy) is 2. The molecule has 0 amide bonds. The number of fused-ring (bicyclic) bond motifs is 1. The van der Waals surface area contributed by atoms with Crippen LogP contribution in [0.15, 0.2) is 17.1 Å². The maximum absolute atomic E-state index is 9.56. The lowest BCUT2D eigenvalue weighted by Crippen LogP contribution is -2.37. The van der Waals surface area contributed by atoms with Crippen molar-refractivity contribution >= 4 is 23.5 Å². The van der Waals surface area contributed by atoms with Crippen LogP contribution in [0.1, 0.15) is 29.3 Å². The molecule has 1 fully saturated rings. The second-order valence-electron chi connectivity index (χ2n) is 5.85. The molecule has 2 aliphatic rings. The van der Waals surface area contributed by atoms with Crippen molar-refractivity contribution in [1.82, 2.24) is 4.90 Å². The van der Waals surface area contributed by atoms with E-state index in [1.54, 1.807) is 0 Å². The zero-order valence-electron chi connectivity index (χ0n) is 13.2. The number of aliphatic hydroxyl groups is 1. The number of nitrogens with zero attached hydrogens (tertiary/aromatic N) is 2. The van der Waals surface area contributed by atoms with E-state index in [1.807, 2.05) is 18.3 Å². The number of halogens is 1. The van der Waals surface area contributed by atoms with E-state index in [-0.39, 0.29) is 12.0 Å². The third-order valence-electron chi connectivity index (χ3n) is 4.24. The first-order valence-corrected chi connectivity index (χ1v) is 8.58. The Morgan fingerprint density at radius 1 is 1.35 bits per heavy atom. The Morgan fingerprint density at radius 2 is 2.17 bits per heavy atom. The Bertz CT molecular complexity index is 559. The Labute approximate surface area is 141 Å². The number of aliphatic hydroxyl groups excluding tert-OH is 1. The van der Waals surface area contributed by atoms with E-state index in [9.17, 15) is 5.11 Å². The highest BCUT2D eigenvalue weighted by molar-refractivity contribution is 6.22. The first-order valence-electron chi connectivity index (χ1n) is 8.15. The number of hydrogen-bond acceptors (Lipinski definition) is 5. The zero-order chi connectivity index (χ0) is 16.1. The summed E-state index contributed by atoms with van der Waals surface area (Å²) in [5.41, 5.74) is 2.58. The smallest absolute Gasteiger partial charge is 0.125 e. The Hall–Kier alpha value is -1.14. The van der Waals surface area contributed by atoms with E-state index in [4.69, 9.17) is 21.1 Å². The van der Waals surface area contributed by atoms with E-state index >= 15 is 0 Å². The molecular formula is C17H23ClN2O3. The average Bonchev–Trinajstić information content (AvgIpc) is 2.59. The molecule has 1 aromatic rings. The number of benzene rings is 1. The summed E-state index contributed by atoms with van der Waals surface area (Å²) in [7, 11) is 0. The first-order chi connectivity index (χ1) is 11.3. The lowest BCUT2D eigenvalue weighted by molar-refractivity contribution is 0.0357. The molecule has 0 aliphatic carbocycles. The Kier molecular flexibility index (Phi) is 5.89. The molecule has 0 bridgehead atoms. The van der Waals surface area contributed by atoms with E-state index in [1.165, 1.54) is 0 Å². The fourth-order valence-electron chi connectivity index (χ4n) is 2.91. The summed E-state index contributed by atoms with van der Waals surface area (Å²) in [4.78, 5) is 6.74. The molecule has 0 saturated carbocycles. The van der Waals surface area contributed by atoms with Gasteiger partial charge < -0.3 is 14.6 Å². The molecule has 5 nitrogen and oxygen atoms in total. The van der Waals surface area contributed by atoms with Crippen molar-refractivity contribution in [3.05, 3.63) is 23.3 Å². The van der Waals surface area contributed by atoms with Crippen molar-refractivity contribution in [3.63, 3.8) is 0 Å². The van der Waals surface area contributed by atoms with Crippen LogP contribution < -0.4 is 4.74 Å². The second-order valence-corrected chi connectivity index (χ2v) is 6.37. The molecule has 1 aromatic carbocycles. The van der Waals surface area contributed by atoms with Crippen molar-refractivity contribution in [1.29, 1.82) is 0 Å². The normalized spacial score (nSPS) is 21.2. The molecular weight excluding hydrogens is 316 g/mol. The van der Waals surface area contributed by atoms with Gasteiger partial charge in [-0.3, -0.25) is 9.89 Å². The molecule has 0 radical (unpaired) electrons. The van der Waals surface area contributed by atoms with Gasteiger partial charge in [-0.15, -0.1) is 11.6 Å². The molecule has 3 rings (SSSR count). The largest absolute Gasteiger partial charge is 0.493 e. The Balaban J connectivity index is 1.58. The van der Waals surface area contributed by atoms with Gasteiger partial charge in [-0.1, -0.05) is 0 Å². The minimum absolute atomic E-state index is 0.0610. The van der Waals surface area contributed by atoms with Crippen LogP contribution in [0.25, 0.3) is 0 Å². The van der Waals surface area contributed by atoms with Crippen molar-refractivity contribution in [2.24, 2.45) is 4.99 Å². The third kappa shape index (κ3) is 4.23. The van der Waals surface area contributed by atoms with Gasteiger partial charge in [0.05, 0.1) is 37.5 Å². The first kappa shape index (κ1) is 16.7. The summed E-state index contributed by atoms with van der Waals surface area (Å²) in [6.07, 6.45) is 3.50. The standard InChI is InChI=1S/C17H23ClN2O3/c18-15-2-3-19-16-10-13(12-21)17(11-14(15)16)23-7-1-4-20-5-8-22-9-6-20/h3,10-11,15,21H,1-2,4-9,12H2. The highest BCUT2D eigenvalue weighted by Gasteiger charge is 2.19. The quantitative estimate of drug-likeness (QED) is 0.640. The van der Waals surface area contributed by atoms with Crippen LogP contribution in [0, 0.1) is 0 Å². The summed E-state index contributed by atoms with van der Waals surface area (Å²) in [5, 5.41) is 9.48. The molecule has 0 spiro atoms. The van der Waals surface area contributed by atoms with E-state index < -0.39 is 0 Å². The van der Waals surface area contributed by atoms with Gasteiger partial charge in [-0.25, -0.2) is 0 Å². The summed E-state index contributed by atoms with van der Waals surface area (Å²) < 4.78 is 11.2. The van der Waals surface area contributed by atoms with Crippen LogP contribution in [-0.4, -0.2) is 55.7 Å². The third-order valence-corrected chi connectivity index (χ3v) is 4.65. The average molecular weight is 339 g/mol. The molecule has 1 N–H and O–H groups in total. The van der Waals surface area contributed by atoms with Gasteiger partial charge in [0.1, 0.15) is 5.75 Å². The lowest BCUT2D eigenvalue weighted by Gasteiger charge is -2.26. The predicted molar refractivity (Wildman–Crippen MR) is 91.1 cm³/mol. The monoisotopic (exact) mass is 338 g/mol. The molecule has 2 aliphatic heterocycles. The lowest BCUT2D eigenvalue weighted by atomic mass is 10.0. The van der Waals surface area contributed by atoms with Crippen molar-refractivity contribution in [3.8, 4) is 5.75 Å². The predicted octanol–water partition coefficient (Wildman–Crippen LogP) is 2.67. The SMILES string of the molecule is OCc1cc2c(cc1OCCCN1CCOCC1)C(Cl)CC=N2. The van der Waals surface area contributed by atoms with Crippen LogP contribution >= 0.6 is 11.6 Å². The van der Waals surface area contributed by atoms with E-state index in [0.717, 1.165) is 68.3 Å². The molecule has 23 heavy (non-hydrogen) atoms. The van der Waals surface area contributed by atoms with Gasteiger partial charge in [0.15, 0.2) is 0 Å². The number of rotatable bonds is 6. The zero-order valence-corrected chi connectivity index (χ0v) is 14.0. The maximum Gasteiger partial charge on any atom is 0.125 e. The molecule has 6 heteroatoms. The summed E-state index contributed by atoms with van der Waals surface area (Å²) in [6.45, 7) is 5.19. The highest BCUT2D eigenvalue weighted by Crippen LogP contribution is 2.39. The summed E-state index contributed by atoms with van der Waals surface area (Å²) in [6, 6.07) is 3.81. The second kappa shape index (κ2) is 8.11. The fourth-order valence-corrected chi connectivity index (χ4v) is 3.17. The highest BCUT2D eigenvalue weighted by atomic mass is 35.5. The van der Waals surface area contributed by atoms with Crippen LogP contribution in [0.4, 0.5) is 5.69 Å². The Morgan fingerprint density at radius 3 is 2.96 bits per heavy atom. The van der Waals surface area contributed by atoms with Crippen LogP contribution in [0.2, 0.25) is 0 Å². The topological polar surface area (TPSA) is 54.3 Å². The van der Waals surface area contributed by atoms with Crippen LogP contribution in [0.5, 0.6) is 5.75 Å². The van der Waals surface area contributed by atoms with Gasteiger partial charge in [0.2, 0.25) is 0 Å². The van der Waals surface area contributed by atoms with E-state index in [2.05, 4.69) is 9.89 Å². The van der Waals surface area contributed by atoms with Gasteiger partial charge >= 0.3 is 0 Å². The van der Waals surface area contributed by atoms with E-state index in [0.29, 0.717) is 6.61 Å². The van der Waals surface area contributed by atoms with Crippen molar-refractivity contribution in [2.45, 2.75) is 24.8 Å². The summed E-state index contributed by atoms with van der Waals surface area (Å²) >= 11 is 6.35. The van der Waals surface area contributed by atoms with Crippen LogP contribution in [-0.2, 0) is 11.3 Å². The van der Waals surface area contributed by atoms with Gasteiger partial charge in [0, 0.05) is 37.8 Å². The number of alkyl halides is 1. The van der Waals surface area contributed by atoms with Gasteiger partial charge in [-0.2, -0.15) is 0 Å². The molecule has 1 unspecified atom stereocenters. The maximum atomic E-state index is 9.56. The molecule has 1 saturated heterocycles. The molecule has 1 atom stereocenters. The minimum atomic E-state index is -0.0778. The molecule has 0 aromatic heterocycles. The van der Waals surface area contributed by atoms with Gasteiger partial charge in [0.25, 0.3) is 0 Å². The minimum Gasteiger partial charge on any atom is -0.493 e.